The highest BCUT2D eigenvalue weighted by Gasteiger charge is 1.98. The Morgan fingerprint density at radius 3 is 1.91 bits per heavy atom. The van der Waals surface area contributed by atoms with Crippen LogP contribution in [0.4, 0.5) is 0 Å². The van der Waals surface area contributed by atoms with Gasteiger partial charge in [-0.15, -0.1) is 0 Å². The quantitative estimate of drug-likeness (QED) is 0.524. The Labute approximate surface area is 137 Å². The van der Waals surface area contributed by atoms with Crippen molar-refractivity contribution in [2.75, 3.05) is 7.11 Å². The molecule has 0 aromatic heterocycles. The molecule has 23 heavy (non-hydrogen) atoms. The number of benzene rings is 1. The van der Waals surface area contributed by atoms with Gasteiger partial charge in [0.05, 0.1) is 7.11 Å². The van der Waals surface area contributed by atoms with Crippen LogP contribution in [0.1, 0.15) is 19.4 Å². The van der Waals surface area contributed by atoms with E-state index in [1.807, 2.05) is 36.4 Å². The minimum atomic E-state index is -1.04. The van der Waals surface area contributed by atoms with Crippen molar-refractivity contribution in [2.24, 2.45) is 0 Å². The SMILES string of the molecule is C=C(C)C(=O)OC.C=CC(=O)OC(C)O.C=Cc1ccccc1. The summed E-state index contributed by atoms with van der Waals surface area (Å²) in [5.74, 6) is -0.958. The Bertz CT molecular complexity index is 503. The van der Waals surface area contributed by atoms with Crippen LogP contribution >= 0.6 is 0 Å². The number of carbonyl (C=O) groups excluding carboxylic acids is 2. The Balaban J connectivity index is 0. The fourth-order valence-electron chi connectivity index (χ4n) is 0.980. The van der Waals surface area contributed by atoms with Gasteiger partial charge in [-0.05, 0) is 19.4 Å². The van der Waals surface area contributed by atoms with Crippen LogP contribution < -0.4 is 0 Å². The van der Waals surface area contributed by atoms with E-state index in [0.29, 0.717) is 5.57 Å². The fourth-order valence-corrected chi connectivity index (χ4v) is 0.980. The van der Waals surface area contributed by atoms with Crippen LogP contribution in [0.3, 0.4) is 0 Å². The van der Waals surface area contributed by atoms with Crippen LogP contribution in [0.15, 0.2) is 61.7 Å². The highest BCUT2D eigenvalue weighted by molar-refractivity contribution is 5.86. The van der Waals surface area contributed by atoms with E-state index in [1.165, 1.54) is 19.6 Å². The molecule has 0 amide bonds. The second-order valence-corrected chi connectivity index (χ2v) is 4.13. The van der Waals surface area contributed by atoms with Gasteiger partial charge in [-0.1, -0.05) is 56.1 Å². The molecule has 5 heteroatoms. The molecule has 1 atom stereocenters. The summed E-state index contributed by atoms with van der Waals surface area (Å²) in [5, 5.41) is 8.36. The third-order valence-corrected chi connectivity index (χ3v) is 2.02. The molecular formula is C18H24O5. The first-order chi connectivity index (χ1) is 10.8. The predicted octanol–water partition coefficient (Wildman–Crippen LogP) is 3.12. The van der Waals surface area contributed by atoms with Crippen LogP contribution in [0.5, 0.6) is 0 Å². The number of carbonyl (C=O) groups is 2. The number of ether oxygens (including phenoxy) is 2. The smallest absolute Gasteiger partial charge is 0.332 e. The highest BCUT2D eigenvalue weighted by atomic mass is 16.6. The molecule has 1 unspecified atom stereocenters. The maximum Gasteiger partial charge on any atom is 0.332 e. The van der Waals surface area contributed by atoms with Gasteiger partial charge in [0.2, 0.25) is 0 Å². The monoisotopic (exact) mass is 320 g/mol. The average Bonchev–Trinajstić information content (AvgIpc) is 2.55. The van der Waals surface area contributed by atoms with Crippen LogP contribution in [-0.4, -0.2) is 30.4 Å². The van der Waals surface area contributed by atoms with Crippen molar-refractivity contribution in [3.05, 3.63) is 67.3 Å². The number of rotatable bonds is 4. The van der Waals surface area contributed by atoms with E-state index in [0.717, 1.165) is 6.08 Å². The maximum atomic E-state index is 10.2. The molecule has 0 saturated heterocycles. The van der Waals surface area contributed by atoms with Crippen molar-refractivity contribution >= 4 is 18.0 Å². The van der Waals surface area contributed by atoms with E-state index in [-0.39, 0.29) is 5.97 Å². The van der Waals surface area contributed by atoms with E-state index in [4.69, 9.17) is 5.11 Å². The van der Waals surface area contributed by atoms with Crippen LogP contribution in [0.2, 0.25) is 0 Å². The molecule has 0 aliphatic carbocycles. The Kier molecular flexibility index (Phi) is 14.0. The summed E-state index contributed by atoms with van der Waals surface area (Å²) in [5.41, 5.74) is 1.61. The minimum absolute atomic E-state index is 0.347. The Morgan fingerprint density at radius 2 is 1.74 bits per heavy atom. The number of hydrogen-bond acceptors (Lipinski definition) is 5. The summed E-state index contributed by atoms with van der Waals surface area (Å²) in [6.07, 6.45) is 1.78. The number of methoxy groups -OCH3 is 1. The number of esters is 2. The summed E-state index contributed by atoms with van der Waals surface area (Å²) in [7, 11) is 1.33. The van der Waals surface area contributed by atoms with Gasteiger partial charge in [0.15, 0.2) is 6.29 Å². The zero-order chi connectivity index (χ0) is 18.3. The molecule has 0 radical (unpaired) electrons. The summed E-state index contributed by atoms with van der Waals surface area (Å²) < 4.78 is 8.47. The second-order valence-electron chi connectivity index (χ2n) is 4.13. The lowest BCUT2D eigenvalue weighted by Crippen LogP contribution is -2.10. The van der Waals surface area contributed by atoms with E-state index >= 15 is 0 Å². The summed E-state index contributed by atoms with van der Waals surface area (Å²) >= 11 is 0. The largest absolute Gasteiger partial charge is 0.466 e. The second kappa shape index (κ2) is 14.3. The lowest BCUT2D eigenvalue weighted by Gasteiger charge is -2.01. The van der Waals surface area contributed by atoms with Crippen molar-refractivity contribution in [3.8, 4) is 0 Å². The zero-order valence-corrected chi connectivity index (χ0v) is 13.8. The summed E-state index contributed by atoms with van der Waals surface area (Å²) in [4.78, 5) is 20.3. The molecule has 0 saturated carbocycles. The summed E-state index contributed by atoms with van der Waals surface area (Å²) in [6.45, 7) is 13.1. The molecule has 1 aromatic rings. The minimum Gasteiger partial charge on any atom is -0.466 e. The Hall–Kier alpha value is -2.66. The lowest BCUT2D eigenvalue weighted by atomic mass is 10.2. The van der Waals surface area contributed by atoms with E-state index in [1.54, 1.807) is 6.92 Å². The van der Waals surface area contributed by atoms with Gasteiger partial charge < -0.3 is 14.6 Å². The van der Waals surface area contributed by atoms with E-state index < -0.39 is 12.3 Å². The third kappa shape index (κ3) is 15.5. The normalized spacial score (nSPS) is 9.57. The van der Waals surface area contributed by atoms with Crippen molar-refractivity contribution < 1.29 is 24.2 Å². The van der Waals surface area contributed by atoms with Gasteiger partial charge in [-0.2, -0.15) is 0 Å². The van der Waals surface area contributed by atoms with E-state index in [9.17, 15) is 9.59 Å². The standard InChI is InChI=1S/C8H8.C5H8O3.C5H8O2/c1-2-8-6-4-3-5-7-8;1-3-5(7)8-4(2)6;1-4(2)5(6)7-3/h2-7H,1H2;3-4,6H,1H2,2H3;1H2,2-3H3. The molecule has 0 aliphatic heterocycles. The Morgan fingerprint density at radius 1 is 1.22 bits per heavy atom. The van der Waals surface area contributed by atoms with Crippen molar-refractivity contribution in [2.45, 2.75) is 20.1 Å². The van der Waals surface area contributed by atoms with Gasteiger partial charge in [-0.3, -0.25) is 0 Å². The number of hydrogen-bond donors (Lipinski definition) is 1. The zero-order valence-electron chi connectivity index (χ0n) is 13.8. The lowest BCUT2D eigenvalue weighted by molar-refractivity contribution is -0.158. The first kappa shape index (κ1) is 22.6. The van der Waals surface area contributed by atoms with Crippen molar-refractivity contribution in [3.63, 3.8) is 0 Å². The van der Waals surface area contributed by atoms with Gasteiger partial charge in [0, 0.05) is 11.6 Å². The average molecular weight is 320 g/mol. The molecule has 1 N–H and O–H groups in total. The van der Waals surface area contributed by atoms with Gasteiger partial charge >= 0.3 is 11.9 Å². The molecule has 0 fully saturated rings. The van der Waals surface area contributed by atoms with Gasteiger partial charge in [0.25, 0.3) is 0 Å². The van der Waals surface area contributed by atoms with Crippen LogP contribution in [-0.2, 0) is 19.1 Å². The molecule has 5 nitrogen and oxygen atoms in total. The van der Waals surface area contributed by atoms with Crippen LogP contribution in [0.25, 0.3) is 6.08 Å². The molecule has 126 valence electrons. The first-order valence-corrected chi connectivity index (χ1v) is 6.70. The first-order valence-electron chi connectivity index (χ1n) is 6.70. The molecular weight excluding hydrogens is 296 g/mol. The molecule has 0 spiro atoms. The van der Waals surface area contributed by atoms with Crippen molar-refractivity contribution in [1.82, 2.24) is 0 Å². The van der Waals surface area contributed by atoms with Crippen LogP contribution in [0, 0.1) is 0 Å². The molecule has 0 heterocycles. The topological polar surface area (TPSA) is 72.8 Å². The predicted molar refractivity (Wildman–Crippen MR) is 91.3 cm³/mol. The fraction of sp³-hybridized carbons (Fsp3) is 0.222. The molecule has 0 aliphatic rings. The maximum absolute atomic E-state index is 10.2. The van der Waals surface area contributed by atoms with Crippen molar-refractivity contribution in [1.29, 1.82) is 0 Å². The van der Waals surface area contributed by atoms with Gasteiger partial charge in [0.1, 0.15) is 0 Å². The third-order valence-electron chi connectivity index (χ3n) is 2.02. The van der Waals surface area contributed by atoms with E-state index in [2.05, 4.69) is 29.2 Å². The van der Waals surface area contributed by atoms with Gasteiger partial charge in [-0.25, -0.2) is 9.59 Å². The molecule has 0 bridgehead atoms. The molecule has 1 rings (SSSR count). The summed E-state index contributed by atoms with van der Waals surface area (Å²) in [6, 6.07) is 10.0. The highest BCUT2D eigenvalue weighted by Crippen LogP contribution is 1.97. The number of aliphatic hydroxyl groups is 1. The molecule has 1 aromatic carbocycles. The number of aliphatic hydroxyl groups excluding tert-OH is 1.